The lowest BCUT2D eigenvalue weighted by Crippen LogP contribution is -2.24. The van der Waals surface area contributed by atoms with E-state index in [0.29, 0.717) is 5.56 Å². The number of para-hydroxylation sites is 1. The Balaban J connectivity index is 1.48. The third-order valence-corrected chi connectivity index (χ3v) is 7.33. The van der Waals surface area contributed by atoms with Gasteiger partial charge in [0.05, 0.1) is 27.4 Å². The molecule has 0 aromatic heterocycles. The average molecular weight is 497 g/mol. The van der Waals surface area contributed by atoms with Crippen molar-refractivity contribution in [2.24, 2.45) is 0 Å². The highest BCUT2D eigenvalue weighted by Crippen LogP contribution is 2.32. The van der Waals surface area contributed by atoms with Gasteiger partial charge in [-0.1, -0.05) is 66.2 Å². The second-order valence-electron chi connectivity index (χ2n) is 8.35. The van der Waals surface area contributed by atoms with Crippen LogP contribution in [0.1, 0.15) is 47.8 Å². The van der Waals surface area contributed by atoms with E-state index in [4.69, 9.17) is 0 Å². The van der Waals surface area contributed by atoms with Crippen LogP contribution in [-0.4, -0.2) is 25.9 Å². The summed E-state index contributed by atoms with van der Waals surface area (Å²) in [7, 11) is -3.95. The molecule has 4 aromatic rings. The van der Waals surface area contributed by atoms with Crippen LogP contribution >= 0.6 is 0 Å². The lowest BCUT2D eigenvalue weighted by molar-refractivity contribution is 0.0978. The number of fused-ring (bicyclic) bond motifs is 2. The largest absolute Gasteiger partial charge is 0.321 e. The maximum atomic E-state index is 13.3. The van der Waals surface area contributed by atoms with Gasteiger partial charge in [0.25, 0.3) is 15.9 Å². The van der Waals surface area contributed by atoms with Crippen molar-refractivity contribution in [3.63, 3.8) is 0 Å². The number of benzene rings is 4. The molecule has 0 saturated heterocycles. The van der Waals surface area contributed by atoms with Crippen LogP contribution in [0.3, 0.4) is 0 Å². The Hall–Kier alpha value is -4.56. The van der Waals surface area contributed by atoms with Gasteiger partial charge in [-0.25, -0.2) is 8.42 Å². The summed E-state index contributed by atoms with van der Waals surface area (Å²) in [4.78, 5) is 39.6. The standard InChI is InChI=1S/C28H20N2O5S/c1-17-13-15-18(16-14-17)36(34,35)30-23-11-5-4-9-21(23)28(33)29-24-12-6-10-22-25(24)27(32)20-8-3-2-7-19(20)26(22)31/h2-16,30H,1H3,(H,29,33). The van der Waals surface area contributed by atoms with Gasteiger partial charge in [0, 0.05) is 16.7 Å². The normalized spacial score (nSPS) is 12.5. The van der Waals surface area contributed by atoms with Gasteiger partial charge in [-0.15, -0.1) is 0 Å². The predicted octanol–water partition coefficient (Wildman–Crippen LogP) is 4.82. The smallest absolute Gasteiger partial charge is 0.261 e. The number of amides is 1. The van der Waals surface area contributed by atoms with E-state index in [0.717, 1.165) is 5.56 Å². The van der Waals surface area contributed by atoms with Crippen LogP contribution in [0, 0.1) is 6.92 Å². The quantitative estimate of drug-likeness (QED) is 0.362. The molecule has 0 aliphatic heterocycles. The molecule has 36 heavy (non-hydrogen) atoms. The lowest BCUT2D eigenvalue weighted by atomic mass is 9.83. The van der Waals surface area contributed by atoms with Crippen LogP contribution in [0.2, 0.25) is 0 Å². The Bertz CT molecular complexity index is 1660. The summed E-state index contributed by atoms with van der Waals surface area (Å²) in [5, 5.41) is 2.69. The Morgan fingerprint density at radius 3 is 1.97 bits per heavy atom. The zero-order valence-electron chi connectivity index (χ0n) is 19.1. The molecule has 0 spiro atoms. The molecule has 1 aliphatic carbocycles. The third kappa shape index (κ3) is 4.08. The van der Waals surface area contributed by atoms with E-state index in [-0.39, 0.29) is 50.1 Å². The van der Waals surface area contributed by atoms with E-state index < -0.39 is 15.9 Å². The van der Waals surface area contributed by atoms with Crippen molar-refractivity contribution in [2.75, 3.05) is 10.0 Å². The average Bonchev–Trinajstić information content (AvgIpc) is 2.87. The number of aryl methyl sites for hydroxylation is 1. The molecule has 4 aromatic carbocycles. The molecule has 0 bridgehead atoms. The summed E-state index contributed by atoms with van der Waals surface area (Å²) in [6.45, 7) is 1.85. The van der Waals surface area contributed by atoms with Crippen molar-refractivity contribution in [1.29, 1.82) is 0 Å². The zero-order valence-corrected chi connectivity index (χ0v) is 19.9. The molecular weight excluding hydrogens is 476 g/mol. The number of carbonyl (C=O) groups is 3. The third-order valence-electron chi connectivity index (χ3n) is 5.95. The predicted molar refractivity (Wildman–Crippen MR) is 136 cm³/mol. The van der Waals surface area contributed by atoms with Gasteiger partial charge in [0.15, 0.2) is 11.6 Å². The number of anilines is 2. The summed E-state index contributed by atoms with van der Waals surface area (Å²) >= 11 is 0. The Morgan fingerprint density at radius 2 is 1.25 bits per heavy atom. The maximum Gasteiger partial charge on any atom is 0.261 e. The number of carbonyl (C=O) groups excluding carboxylic acids is 3. The van der Waals surface area contributed by atoms with Gasteiger partial charge >= 0.3 is 0 Å². The second kappa shape index (κ2) is 8.90. The Morgan fingerprint density at radius 1 is 0.667 bits per heavy atom. The number of sulfonamides is 1. The second-order valence-corrected chi connectivity index (χ2v) is 10.0. The van der Waals surface area contributed by atoms with Crippen LogP contribution < -0.4 is 10.0 Å². The van der Waals surface area contributed by atoms with E-state index in [1.807, 2.05) is 6.92 Å². The summed E-state index contributed by atoms with van der Waals surface area (Å²) < 4.78 is 28.3. The van der Waals surface area contributed by atoms with Crippen molar-refractivity contribution in [3.8, 4) is 0 Å². The summed E-state index contributed by atoms with van der Waals surface area (Å²) in [6.07, 6.45) is 0. The summed E-state index contributed by atoms with van der Waals surface area (Å²) in [5.41, 5.74) is 2.10. The van der Waals surface area contributed by atoms with Crippen molar-refractivity contribution in [1.82, 2.24) is 0 Å². The first-order valence-electron chi connectivity index (χ1n) is 11.1. The van der Waals surface area contributed by atoms with E-state index in [1.165, 1.54) is 30.3 Å². The van der Waals surface area contributed by atoms with E-state index in [1.54, 1.807) is 60.7 Å². The SMILES string of the molecule is Cc1ccc(S(=O)(=O)Nc2ccccc2C(=O)Nc2cccc3c2C(=O)c2ccccc2C3=O)cc1. The van der Waals surface area contributed by atoms with E-state index in [9.17, 15) is 22.8 Å². The molecule has 7 nitrogen and oxygen atoms in total. The van der Waals surface area contributed by atoms with Crippen LogP contribution in [0.15, 0.2) is 95.9 Å². The molecule has 0 radical (unpaired) electrons. The Labute approximate surface area is 207 Å². The number of rotatable bonds is 5. The molecule has 1 aliphatic rings. The summed E-state index contributed by atoms with van der Waals surface area (Å²) in [5.74, 6) is -1.31. The van der Waals surface area contributed by atoms with Gasteiger partial charge in [-0.3, -0.25) is 19.1 Å². The molecule has 0 fully saturated rings. The van der Waals surface area contributed by atoms with Gasteiger partial charge in [0.2, 0.25) is 0 Å². The maximum absolute atomic E-state index is 13.3. The monoisotopic (exact) mass is 496 g/mol. The molecular formula is C28H20N2O5S. The fourth-order valence-electron chi connectivity index (χ4n) is 4.13. The molecule has 0 unspecified atom stereocenters. The van der Waals surface area contributed by atoms with Crippen molar-refractivity contribution < 1.29 is 22.8 Å². The van der Waals surface area contributed by atoms with Gasteiger partial charge < -0.3 is 5.32 Å². The molecule has 0 atom stereocenters. The number of hydrogen-bond donors (Lipinski definition) is 2. The first-order valence-corrected chi connectivity index (χ1v) is 12.6. The van der Waals surface area contributed by atoms with Gasteiger partial charge in [-0.05, 0) is 37.3 Å². The fourth-order valence-corrected chi connectivity index (χ4v) is 5.21. The van der Waals surface area contributed by atoms with Gasteiger partial charge in [0.1, 0.15) is 0 Å². The highest BCUT2D eigenvalue weighted by Gasteiger charge is 2.32. The minimum absolute atomic E-state index is 0.0563. The van der Waals surface area contributed by atoms with Gasteiger partial charge in [-0.2, -0.15) is 0 Å². The molecule has 0 heterocycles. The zero-order chi connectivity index (χ0) is 25.4. The van der Waals surface area contributed by atoms with Crippen LogP contribution in [0.4, 0.5) is 11.4 Å². The minimum atomic E-state index is -3.95. The molecule has 0 saturated carbocycles. The minimum Gasteiger partial charge on any atom is -0.321 e. The van der Waals surface area contributed by atoms with Crippen LogP contribution in [-0.2, 0) is 10.0 Å². The van der Waals surface area contributed by atoms with Crippen LogP contribution in [0.25, 0.3) is 0 Å². The lowest BCUT2D eigenvalue weighted by Gasteiger charge is -2.20. The first-order chi connectivity index (χ1) is 17.3. The van der Waals surface area contributed by atoms with E-state index in [2.05, 4.69) is 10.0 Å². The van der Waals surface area contributed by atoms with E-state index >= 15 is 0 Å². The Kier molecular flexibility index (Phi) is 5.74. The molecule has 5 rings (SSSR count). The van der Waals surface area contributed by atoms with Crippen molar-refractivity contribution in [3.05, 3.63) is 124 Å². The molecule has 2 N–H and O–H groups in total. The summed E-state index contributed by atoms with van der Waals surface area (Å²) in [6, 6.07) is 23.7. The molecule has 178 valence electrons. The molecule has 1 amide bonds. The molecule has 8 heteroatoms. The number of hydrogen-bond acceptors (Lipinski definition) is 5. The highest BCUT2D eigenvalue weighted by molar-refractivity contribution is 7.92. The van der Waals surface area contributed by atoms with Crippen molar-refractivity contribution in [2.45, 2.75) is 11.8 Å². The first kappa shape index (κ1) is 23.2. The van der Waals surface area contributed by atoms with Crippen molar-refractivity contribution >= 4 is 38.9 Å². The number of ketones is 2. The highest BCUT2D eigenvalue weighted by atomic mass is 32.2. The number of nitrogens with one attached hydrogen (secondary N) is 2. The fraction of sp³-hybridized carbons (Fsp3) is 0.0357. The van der Waals surface area contributed by atoms with Crippen LogP contribution in [0.5, 0.6) is 0 Å². The topological polar surface area (TPSA) is 109 Å².